The highest BCUT2D eigenvalue weighted by Gasteiger charge is 2.14. The number of carbonyl (C=O) groups excluding carboxylic acids is 1. The first-order valence-corrected chi connectivity index (χ1v) is 8.01. The molecule has 2 aromatic rings. The molecule has 6 heteroatoms. The Kier molecular flexibility index (Phi) is 5.31. The number of nitrogens with one attached hydrogen (secondary N) is 1. The van der Waals surface area contributed by atoms with E-state index in [1.165, 1.54) is 0 Å². The Morgan fingerprint density at radius 3 is 2.81 bits per heavy atom. The number of aromatic nitrogens is 1. The van der Waals surface area contributed by atoms with Gasteiger partial charge in [-0.15, -0.1) is 11.8 Å². The molecular formula is C15H17ClN2O2S. The van der Waals surface area contributed by atoms with Gasteiger partial charge in [-0.1, -0.05) is 23.7 Å². The van der Waals surface area contributed by atoms with Crippen LogP contribution in [0.15, 0.2) is 27.6 Å². The van der Waals surface area contributed by atoms with Crippen molar-refractivity contribution in [1.29, 1.82) is 0 Å². The monoisotopic (exact) mass is 324 g/mol. The first kappa shape index (κ1) is 15.9. The fourth-order valence-corrected chi connectivity index (χ4v) is 2.93. The highest BCUT2D eigenvalue weighted by atomic mass is 35.5. The van der Waals surface area contributed by atoms with Gasteiger partial charge in [0.1, 0.15) is 5.76 Å². The molecule has 0 bridgehead atoms. The van der Waals surface area contributed by atoms with Crippen LogP contribution in [0.1, 0.15) is 34.3 Å². The Hall–Kier alpha value is -1.46. The molecule has 1 aromatic heterocycles. The maximum atomic E-state index is 12.4. The molecule has 0 aliphatic rings. The topological polar surface area (TPSA) is 55.1 Å². The van der Waals surface area contributed by atoms with Crippen molar-refractivity contribution in [3.05, 3.63) is 45.8 Å². The normalized spacial score (nSPS) is 10.7. The molecule has 0 saturated heterocycles. The van der Waals surface area contributed by atoms with Gasteiger partial charge in [0.25, 0.3) is 5.91 Å². The molecule has 0 aliphatic heterocycles. The van der Waals surface area contributed by atoms with E-state index in [0.717, 1.165) is 27.7 Å². The van der Waals surface area contributed by atoms with Crippen molar-refractivity contribution in [1.82, 2.24) is 10.5 Å². The number of thioether (sulfide) groups is 1. The number of rotatable bonds is 5. The van der Waals surface area contributed by atoms with Crippen molar-refractivity contribution in [2.75, 3.05) is 5.75 Å². The number of hydrogen-bond acceptors (Lipinski definition) is 4. The summed E-state index contributed by atoms with van der Waals surface area (Å²) < 4.78 is 5.09. The molecule has 4 nitrogen and oxygen atoms in total. The Bertz CT molecular complexity index is 636. The minimum atomic E-state index is -0.145. The van der Waals surface area contributed by atoms with E-state index in [1.54, 1.807) is 23.9 Å². The molecule has 0 saturated carbocycles. The standard InChI is InChI=1S/C15H17ClN2O2S/c1-4-21-14-6-5-11(16)7-12(14)15(19)17-8-13-9(2)18-20-10(13)3/h5-7H,4,8H2,1-3H3,(H,17,19). The fraction of sp³-hybridized carbons (Fsp3) is 0.333. The molecule has 1 heterocycles. The third kappa shape index (κ3) is 3.80. The molecule has 112 valence electrons. The summed E-state index contributed by atoms with van der Waals surface area (Å²) in [5.41, 5.74) is 2.30. The smallest absolute Gasteiger partial charge is 0.252 e. The second-order valence-corrected chi connectivity index (χ2v) is 6.30. The van der Waals surface area contributed by atoms with Gasteiger partial charge in [-0.2, -0.15) is 0 Å². The number of hydrogen-bond donors (Lipinski definition) is 1. The molecule has 0 aliphatic carbocycles. The average Bonchev–Trinajstić information content (AvgIpc) is 2.77. The molecule has 21 heavy (non-hydrogen) atoms. The van der Waals surface area contributed by atoms with Crippen LogP contribution in [0.25, 0.3) is 0 Å². The highest BCUT2D eigenvalue weighted by Crippen LogP contribution is 2.25. The van der Waals surface area contributed by atoms with E-state index >= 15 is 0 Å². The lowest BCUT2D eigenvalue weighted by molar-refractivity contribution is 0.0948. The van der Waals surface area contributed by atoms with Crippen LogP contribution in [-0.2, 0) is 6.54 Å². The number of nitrogens with zero attached hydrogens (tertiary/aromatic N) is 1. The summed E-state index contributed by atoms with van der Waals surface area (Å²) >= 11 is 7.62. The number of aryl methyl sites for hydroxylation is 2. The van der Waals surface area contributed by atoms with Gasteiger partial charge in [0, 0.05) is 22.0 Å². The SMILES string of the molecule is CCSc1ccc(Cl)cc1C(=O)NCc1c(C)noc1C. The lowest BCUT2D eigenvalue weighted by atomic mass is 10.2. The second-order valence-electron chi connectivity index (χ2n) is 4.56. The molecule has 1 amide bonds. The van der Waals surface area contributed by atoms with Crippen molar-refractivity contribution >= 4 is 29.3 Å². The molecule has 0 spiro atoms. The molecule has 0 fully saturated rings. The quantitative estimate of drug-likeness (QED) is 0.845. The van der Waals surface area contributed by atoms with Gasteiger partial charge in [-0.05, 0) is 37.8 Å². The summed E-state index contributed by atoms with van der Waals surface area (Å²) in [6, 6.07) is 5.37. The van der Waals surface area contributed by atoms with Crippen molar-refractivity contribution in [2.45, 2.75) is 32.2 Å². The molecule has 1 aromatic carbocycles. The largest absolute Gasteiger partial charge is 0.361 e. The maximum absolute atomic E-state index is 12.4. The summed E-state index contributed by atoms with van der Waals surface area (Å²) in [5.74, 6) is 1.47. The van der Waals surface area contributed by atoms with Crippen molar-refractivity contribution < 1.29 is 9.32 Å². The molecule has 0 atom stereocenters. The summed E-state index contributed by atoms with van der Waals surface area (Å²) in [6.07, 6.45) is 0. The van der Waals surface area contributed by atoms with E-state index in [1.807, 2.05) is 26.8 Å². The van der Waals surface area contributed by atoms with E-state index in [2.05, 4.69) is 10.5 Å². The van der Waals surface area contributed by atoms with Crippen LogP contribution < -0.4 is 5.32 Å². The van der Waals surface area contributed by atoms with Crippen LogP contribution in [0.5, 0.6) is 0 Å². The summed E-state index contributed by atoms with van der Waals surface area (Å²) in [6.45, 7) is 6.13. The number of benzene rings is 1. The van der Waals surface area contributed by atoms with E-state index in [4.69, 9.17) is 16.1 Å². The van der Waals surface area contributed by atoms with Gasteiger partial charge in [-0.25, -0.2) is 0 Å². The van der Waals surface area contributed by atoms with Crippen LogP contribution in [0.3, 0.4) is 0 Å². The first-order valence-electron chi connectivity index (χ1n) is 6.65. The number of halogens is 1. The highest BCUT2D eigenvalue weighted by molar-refractivity contribution is 7.99. The molecule has 0 radical (unpaired) electrons. The van der Waals surface area contributed by atoms with Gasteiger partial charge in [0.15, 0.2) is 0 Å². The molecular weight excluding hydrogens is 308 g/mol. The van der Waals surface area contributed by atoms with Crippen molar-refractivity contribution in [3.63, 3.8) is 0 Å². The number of carbonyl (C=O) groups is 1. The Labute approximate surface area is 133 Å². The lowest BCUT2D eigenvalue weighted by Gasteiger charge is -2.10. The van der Waals surface area contributed by atoms with Gasteiger partial charge in [0.05, 0.1) is 11.3 Å². The average molecular weight is 325 g/mol. The Morgan fingerprint density at radius 1 is 1.43 bits per heavy atom. The van der Waals surface area contributed by atoms with Gasteiger partial charge in [0.2, 0.25) is 0 Å². The maximum Gasteiger partial charge on any atom is 0.252 e. The number of amides is 1. The summed E-state index contributed by atoms with van der Waals surface area (Å²) in [5, 5.41) is 7.33. The fourth-order valence-electron chi connectivity index (χ4n) is 1.98. The van der Waals surface area contributed by atoms with Gasteiger partial charge < -0.3 is 9.84 Å². The summed E-state index contributed by atoms with van der Waals surface area (Å²) in [7, 11) is 0. The lowest BCUT2D eigenvalue weighted by Crippen LogP contribution is -2.24. The first-order chi connectivity index (χ1) is 10.0. The predicted molar refractivity (Wildman–Crippen MR) is 85.0 cm³/mol. The van der Waals surface area contributed by atoms with E-state index < -0.39 is 0 Å². The predicted octanol–water partition coefficient (Wildman–Crippen LogP) is 3.99. The molecule has 0 unspecified atom stereocenters. The van der Waals surface area contributed by atoms with Crippen molar-refractivity contribution in [2.24, 2.45) is 0 Å². The zero-order chi connectivity index (χ0) is 15.4. The second kappa shape index (κ2) is 7.00. The Balaban J connectivity index is 2.15. The van der Waals surface area contributed by atoms with Crippen LogP contribution in [0.2, 0.25) is 5.02 Å². The van der Waals surface area contributed by atoms with Crippen LogP contribution in [-0.4, -0.2) is 16.8 Å². The van der Waals surface area contributed by atoms with Crippen LogP contribution >= 0.6 is 23.4 Å². The van der Waals surface area contributed by atoms with Crippen LogP contribution in [0, 0.1) is 13.8 Å². The minimum absolute atomic E-state index is 0.145. The van der Waals surface area contributed by atoms with Crippen molar-refractivity contribution in [3.8, 4) is 0 Å². The zero-order valence-electron chi connectivity index (χ0n) is 12.2. The summed E-state index contributed by atoms with van der Waals surface area (Å²) in [4.78, 5) is 13.3. The van der Waals surface area contributed by atoms with E-state index in [0.29, 0.717) is 17.1 Å². The van der Waals surface area contributed by atoms with E-state index in [9.17, 15) is 4.79 Å². The van der Waals surface area contributed by atoms with Gasteiger partial charge >= 0.3 is 0 Å². The minimum Gasteiger partial charge on any atom is -0.361 e. The molecule has 1 N–H and O–H groups in total. The van der Waals surface area contributed by atoms with E-state index in [-0.39, 0.29) is 5.91 Å². The Morgan fingerprint density at radius 2 is 2.19 bits per heavy atom. The zero-order valence-corrected chi connectivity index (χ0v) is 13.8. The third-order valence-corrected chi connectivity index (χ3v) is 4.28. The van der Waals surface area contributed by atoms with Crippen LogP contribution in [0.4, 0.5) is 0 Å². The van der Waals surface area contributed by atoms with Gasteiger partial charge in [-0.3, -0.25) is 4.79 Å². The third-order valence-electron chi connectivity index (χ3n) is 3.09. The molecule has 2 rings (SSSR count).